The first kappa shape index (κ1) is 13.4. The second-order valence-electron chi connectivity index (χ2n) is 4.49. The van der Waals surface area contributed by atoms with E-state index in [-0.39, 0.29) is 5.91 Å². The van der Waals surface area contributed by atoms with Gasteiger partial charge in [-0.3, -0.25) is 4.79 Å². The van der Waals surface area contributed by atoms with Gasteiger partial charge in [0.15, 0.2) is 0 Å². The van der Waals surface area contributed by atoms with Gasteiger partial charge in [0.2, 0.25) is 5.91 Å². The van der Waals surface area contributed by atoms with Crippen molar-refractivity contribution < 1.29 is 4.79 Å². The molecule has 0 saturated heterocycles. The average molecular weight is 200 g/mol. The van der Waals surface area contributed by atoms with E-state index in [9.17, 15) is 4.79 Å². The first-order chi connectivity index (χ1) is 6.50. The smallest absolute Gasteiger partial charge is 0.224 e. The highest BCUT2D eigenvalue weighted by atomic mass is 16.1. The molecule has 0 aliphatic heterocycles. The monoisotopic (exact) mass is 200 g/mol. The van der Waals surface area contributed by atoms with Crippen LogP contribution in [-0.4, -0.2) is 19.0 Å². The van der Waals surface area contributed by atoms with Gasteiger partial charge in [-0.15, -0.1) is 0 Å². The Labute approximate surface area is 87.4 Å². The zero-order valence-corrected chi connectivity index (χ0v) is 9.73. The Morgan fingerprint density at radius 2 is 1.93 bits per heavy atom. The maximum absolute atomic E-state index is 11.0. The fourth-order valence-corrected chi connectivity index (χ4v) is 1.16. The lowest BCUT2D eigenvalue weighted by atomic mass is 9.93. The number of amides is 1. The van der Waals surface area contributed by atoms with Crippen LogP contribution in [0.25, 0.3) is 0 Å². The molecule has 3 N–H and O–H groups in total. The lowest BCUT2D eigenvalue weighted by Crippen LogP contribution is -2.40. The predicted octanol–water partition coefficient (Wildman–Crippen LogP) is 1.67. The Hall–Kier alpha value is -0.570. The molecule has 0 aromatic rings. The molecule has 0 aliphatic rings. The van der Waals surface area contributed by atoms with E-state index in [0.717, 1.165) is 6.54 Å². The topological polar surface area (TPSA) is 55.1 Å². The molecule has 3 nitrogen and oxygen atoms in total. The van der Waals surface area contributed by atoms with E-state index in [1.165, 1.54) is 25.7 Å². The molecule has 0 rings (SSSR count). The standard InChI is InChI=1S/C11H24N2O/c1-4-5-6-7-8-13-9-11(2,3)10(12)14/h13H,4-9H2,1-3H3,(H2,12,14). The molecule has 1 amide bonds. The van der Waals surface area contributed by atoms with Crippen molar-refractivity contribution in [1.82, 2.24) is 5.32 Å². The molecule has 3 heteroatoms. The maximum Gasteiger partial charge on any atom is 0.224 e. The molecule has 0 aromatic heterocycles. The molecule has 0 bridgehead atoms. The predicted molar refractivity (Wildman–Crippen MR) is 60.0 cm³/mol. The second kappa shape index (κ2) is 6.82. The molecule has 0 saturated carbocycles. The van der Waals surface area contributed by atoms with E-state index in [1.807, 2.05) is 13.8 Å². The minimum atomic E-state index is -0.426. The Kier molecular flexibility index (Phi) is 6.54. The van der Waals surface area contributed by atoms with Crippen LogP contribution in [0.1, 0.15) is 46.5 Å². The number of nitrogens with two attached hydrogens (primary N) is 1. The third-order valence-electron chi connectivity index (χ3n) is 2.44. The van der Waals surface area contributed by atoms with E-state index >= 15 is 0 Å². The van der Waals surface area contributed by atoms with Crippen LogP contribution in [0.2, 0.25) is 0 Å². The van der Waals surface area contributed by atoms with Crippen molar-refractivity contribution in [3.05, 3.63) is 0 Å². The lowest BCUT2D eigenvalue weighted by molar-refractivity contribution is -0.125. The largest absolute Gasteiger partial charge is 0.369 e. The van der Waals surface area contributed by atoms with Gasteiger partial charge < -0.3 is 11.1 Å². The van der Waals surface area contributed by atoms with Gasteiger partial charge in [0, 0.05) is 6.54 Å². The quantitative estimate of drug-likeness (QED) is 0.586. The van der Waals surface area contributed by atoms with E-state index in [0.29, 0.717) is 6.54 Å². The van der Waals surface area contributed by atoms with Crippen molar-refractivity contribution in [3.8, 4) is 0 Å². The van der Waals surface area contributed by atoms with Crippen molar-refractivity contribution in [2.24, 2.45) is 11.1 Å². The first-order valence-corrected chi connectivity index (χ1v) is 5.51. The average Bonchev–Trinajstić information content (AvgIpc) is 2.10. The Bertz CT molecular complexity index is 167. The third-order valence-corrected chi connectivity index (χ3v) is 2.44. The van der Waals surface area contributed by atoms with Crippen molar-refractivity contribution >= 4 is 5.91 Å². The molecule has 84 valence electrons. The van der Waals surface area contributed by atoms with E-state index < -0.39 is 5.41 Å². The highest BCUT2D eigenvalue weighted by Gasteiger charge is 2.23. The van der Waals surface area contributed by atoms with Crippen LogP contribution in [0.4, 0.5) is 0 Å². The number of unbranched alkanes of at least 4 members (excludes halogenated alkanes) is 3. The summed E-state index contributed by atoms with van der Waals surface area (Å²) in [6, 6.07) is 0. The molecule has 0 aromatic carbocycles. The van der Waals surface area contributed by atoms with Crippen LogP contribution in [0.5, 0.6) is 0 Å². The van der Waals surface area contributed by atoms with Gasteiger partial charge in [-0.25, -0.2) is 0 Å². The summed E-state index contributed by atoms with van der Waals surface area (Å²) in [5.74, 6) is -0.237. The molecule has 0 heterocycles. The number of hydrogen-bond donors (Lipinski definition) is 2. The minimum absolute atomic E-state index is 0.237. The zero-order valence-electron chi connectivity index (χ0n) is 9.73. The molecule has 14 heavy (non-hydrogen) atoms. The summed E-state index contributed by atoms with van der Waals surface area (Å²) in [6.45, 7) is 7.59. The number of carbonyl (C=O) groups is 1. The normalized spacial score (nSPS) is 11.6. The summed E-state index contributed by atoms with van der Waals surface area (Å²) >= 11 is 0. The summed E-state index contributed by atoms with van der Waals surface area (Å²) in [6.07, 6.45) is 5.00. The number of nitrogens with one attached hydrogen (secondary N) is 1. The Balaban J connectivity index is 3.40. The zero-order chi connectivity index (χ0) is 11.0. The van der Waals surface area contributed by atoms with Gasteiger partial charge in [0.1, 0.15) is 0 Å². The van der Waals surface area contributed by atoms with Gasteiger partial charge in [-0.05, 0) is 26.8 Å². The highest BCUT2D eigenvalue weighted by Crippen LogP contribution is 2.11. The number of primary amides is 1. The summed E-state index contributed by atoms with van der Waals surface area (Å²) in [4.78, 5) is 11.0. The molecule has 0 radical (unpaired) electrons. The van der Waals surface area contributed by atoms with Crippen LogP contribution in [0, 0.1) is 5.41 Å². The SMILES string of the molecule is CCCCCCNCC(C)(C)C(N)=O. The van der Waals surface area contributed by atoms with Gasteiger partial charge in [0.25, 0.3) is 0 Å². The van der Waals surface area contributed by atoms with E-state index in [1.54, 1.807) is 0 Å². The van der Waals surface area contributed by atoms with Crippen LogP contribution in [-0.2, 0) is 4.79 Å². The number of rotatable bonds is 8. The first-order valence-electron chi connectivity index (χ1n) is 5.51. The maximum atomic E-state index is 11.0. The van der Waals surface area contributed by atoms with Gasteiger partial charge in [-0.1, -0.05) is 26.2 Å². The summed E-state index contributed by atoms with van der Waals surface area (Å²) in [5, 5.41) is 3.27. The summed E-state index contributed by atoms with van der Waals surface area (Å²) in [5.41, 5.74) is 4.83. The van der Waals surface area contributed by atoms with Gasteiger partial charge >= 0.3 is 0 Å². The van der Waals surface area contributed by atoms with Gasteiger partial charge in [-0.2, -0.15) is 0 Å². The molecule has 0 atom stereocenters. The van der Waals surface area contributed by atoms with Crippen LogP contribution >= 0.6 is 0 Å². The van der Waals surface area contributed by atoms with Crippen molar-refractivity contribution in [1.29, 1.82) is 0 Å². The van der Waals surface area contributed by atoms with Crippen LogP contribution < -0.4 is 11.1 Å². The molecular formula is C11H24N2O. The lowest BCUT2D eigenvalue weighted by Gasteiger charge is -2.20. The summed E-state index contributed by atoms with van der Waals surface area (Å²) < 4.78 is 0. The third kappa shape index (κ3) is 5.97. The molecular weight excluding hydrogens is 176 g/mol. The van der Waals surface area contributed by atoms with Gasteiger partial charge in [0.05, 0.1) is 5.41 Å². The Morgan fingerprint density at radius 1 is 1.29 bits per heavy atom. The fraction of sp³-hybridized carbons (Fsp3) is 0.909. The molecule has 0 aliphatic carbocycles. The molecule has 0 spiro atoms. The second-order valence-corrected chi connectivity index (χ2v) is 4.49. The summed E-state index contributed by atoms with van der Waals surface area (Å²) in [7, 11) is 0. The van der Waals surface area contributed by atoms with Crippen molar-refractivity contribution in [3.63, 3.8) is 0 Å². The van der Waals surface area contributed by atoms with Crippen LogP contribution in [0.3, 0.4) is 0 Å². The van der Waals surface area contributed by atoms with Crippen molar-refractivity contribution in [2.45, 2.75) is 46.5 Å². The number of carbonyl (C=O) groups excluding carboxylic acids is 1. The van der Waals surface area contributed by atoms with Crippen LogP contribution in [0.15, 0.2) is 0 Å². The van der Waals surface area contributed by atoms with E-state index in [2.05, 4.69) is 12.2 Å². The molecule has 0 unspecified atom stereocenters. The minimum Gasteiger partial charge on any atom is -0.369 e. The Morgan fingerprint density at radius 3 is 2.43 bits per heavy atom. The fourth-order valence-electron chi connectivity index (χ4n) is 1.16. The highest BCUT2D eigenvalue weighted by molar-refractivity contribution is 5.80. The molecule has 0 fully saturated rings. The van der Waals surface area contributed by atoms with Crippen molar-refractivity contribution in [2.75, 3.05) is 13.1 Å². The van der Waals surface area contributed by atoms with E-state index in [4.69, 9.17) is 5.73 Å². The number of hydrogen-bond acceptors (Lipinski definition) is 2.